The molecule has 0 aliphatic carbocycles. The van der Waals surface area contributed by atoms with Gasteiger partial charge in [0.2, 0.25) is 0 Å². The number of nitrogens with one attached hydrogen (secondary N) is 2. The van der Waals surface area contributed by atoms with Crippen LogP contribution >= 0.6 is 27.5 Å². The first-order chi connectivity index (χ1) is 13.8. The van der Waals surface area contributed by atoms with E-state index < -0.39 is 0 Å². The Morgan fingerprint density at radius 2 is 2.17 bits per heavy atom. The van der Waals surface area contributed by atoms with Crippen molar-refractivity contribution >= 4 is 50.9 Å². The number of carbonyl (C=O) groups is 2. The predicted octanol–water partition coefficient (Wildman–Crippen LogP) is 5.05. The Balaban J connectivity index is 1.73. The topological polar surface area (TPSA) is 80.3 Å². The van der Waals surface area contributed by atoms with Gasteiger partial charge in [0.05, 0.1) is 29.3 Å². The Morgan fingerprint density at radius 3 is 2.86 bits per heavy atom. The van der Waals surface area contributed by atoms with Gasteiger partial charge in [-0.3, -0.25) is 9.59 Å². The maximum absolute atomic E-state index is 12.7. The molecular weight excluding hydrogens is 458 g/mol. The Kier molecular flexibility index (Phi) is 7.14. The maximum atomic E-state index is 12.7. The third kappa shape index (κ3) is 5.70. The van der Waals surface area contributed by atoms with Gasteiger partial charge in [-0.1, -0.05) is 41.4 Å². The number of rotatable bonds is 6. The van der Waals surface area contributed by atoms with Gasteiger partial charge in [-0.25, -0.2) is 4.98 Å². The highest BCUT2D eigenvalue weighted by molar-refractivity contribution is 9.10. The normalized spacial score (nSPS) is 16.4. The highest BCUT2D eigenvalue weighted by Crippen LogP contribution is 2.29. The van der Waals surface area contributed by atoms with Crippen molar-refractivity contribution in [2.24, 2.45) is 5.92 Å². The zero-order valence-electron chi connectivity index (χ0n) is 16.3. The molecule has 8 heteroatoms. The van der Waals surface area contributed by atoms with Crippen molar-refractivity contribution in [1.29, 1.82) is 0 Å². The lowest BCUT2D eigenvalue weighted by atomic mass is 9.97. The molecule has 1 aromatic carbocycles. The molecule has 2 heterocycles. The van der Waals surface area contributed by atoms with Gasteiger partial charge >= 0.3 is 5.97 Å². The van der Waals surface area contributed by atoms with Gasteiger partial charge in [0.15, 0.2) is 0 Å². The molecule has 6 nitrogen and oxygen atoms in total. The molecule has 1 aliphatic heterocycles. The third-order valence-electron chi connectivity index (χ3n) is 4.79. The fraction of sp³-hybridized carbons (Fsp3) is 0.381. The molecule has 1 atom stereocenters. The third-order valence-corrected chi connectivity index (χ3v) is 5.60. The summed E-state index contributed by atoms with van der Waals surface area (Å²) in [7, 11) is 0. The second kappa shape index (κ2) is 9.59. The van der Waals surface area contributed by atoms with Gasteiger partial charge in [-0.05, 0) is 48.1 Å². The molecule has 1 fully saturated rings. The van der Waals surface area contributed by atoms with Gasteiger partial charge in [-0.15, -0.1) is 0 Å². The van der Waals surface area contributed by atoms with Crippen LogP contribution in [0.5, 0.6) is 0 Å². The smallest absolute Gasteiger partial charge is 0.306 e. The number of aromatic nitrogens is 1. The first-order valence-electron chi connectivity index (χ1n) is 9.49. The van der Waals surface area contributed by atoms with Gasteiger partial charge < -0.3 is 15.4 Å². The number of pyridine rings is 1. The number of carbonyl (C=O) groups excluding carboxylic acids is 2. The molecule has 29 heavy (non-hydrogen) atoms. The van der Waals surface area contributed by atoms with Crippen molar-refractivity contribution in [1.82, 2.24) is 10.3 Å². The number of anilines is 2. The number of hydrogen-bond acceptors (Lipinski definition) is 5. The fourth-order valence-electron chi connectivity index (χ4n) is 3.18. The van der Waals surface area contributed by atoms with Gasteiger partial charge in [0.25, 0.3) is 5.91 Å². The van der Waals surface area contributed by atoms with E-state index in [4.69, 9.17) is 16.3 Å². The van der Waals surface area contributed by atoms with Crippen LogP contribution in [0, 0.1) is 5.92 Å². The summed E-state index contributed by atoms with van der Waals surface area (Å²) in [4.78, 5) is 28.5. The minimum absolute atomic E-state index is 0.108. The number of esters is 1. The largest absolute Gasteiger partial charge is 0.466 e. The predicted molar refractivity (Wildman–Crippen MR) is 117 cm³/mol. The van der Waals surface area contributed by atoms with Gasteiger partial charge in [0, 0.05) is 17.2 Å². The standard InChI is InChI=1S/C21H23BrClN3O3/c1-12(2)15-9-19(26-18-4-3-14(22)8-17(18)23)24-11-16(15)21(28)25-10-13-5-6-29-20(27)7-13/h3-4,8-9,11-13H,5-7,10H2,1-2H3,(H,24,26)(H,25,28). The van der Waals surface area contributed by atoms with Crippen molar-refractivity contribution in [2.75, 3.05) is 18.5 Å². The van der Waals surface area contributed by atoms with E-state index in [0.29, 0.717) is 36.0 Å². The molecule has 154 valence electrons. The summed E-state index contributed by atoms with van der Waals surface area (Å²) in [6, 6.07) is 7.42. The van der Waals surface area contributed by atoms with E-state index in [1.54, 1.807) is 12.3 Å². The molecule has 2 N–H and O–H groups in total. The van der Waals surface area contributed by atoms with Crippen LogP contribution in [0.25, 0.3) is 0 Å². The van der Waals surface area contributed by atoms with Crippen LogP contribution in [-0.4, -0.2) is 30.0 Å². The van der Waals surface area contributed by atoms with Crippen molar-refractivity contribution in [2.45, 2.75) is 32.6 Å². The Hall–Kier alpha value is -2.12. The van der Waals surface area contributed by atoms with Crippen LogP contribution < -0.4 is 10.6 Å². The quantitative estimate of drug-likeness (QED) is 0.566. The van der Waals surface area contributed by atoms with Gasteiger partial charge in [-0.2, -0.15) is 0 Å². The van der Waals surface area contributed by atoms with Crippen LogP contribution in [-0.2, 0) is 9.53 Å². The summed E-state index contributed by atoms with van der Waals surface area (Å²) >= 11 is 9.66. The molecular formula is C21H23BrClN3O3. The number of nitrogens with zero attached hydrogens (tertiary/aromatic N) is 1. The Bertz CT molecular complexity index is 920. The maximum Gasteiger partial charge on any atom is 0.306 e. The van der Waals surface area contributed by atoms with E-state index in [1.165, 1.54) is 0 Å². The Labute approximate surface area is 183 Å². The minimum atomic E-state index is -0.206. The zero-order valence-corrected chi connectivity index (χ0v) is 18.6. The molecule has 0 saturated carbocycles. The summed E-state index contributed by atoms with van der Waals surface area (Å²) in [6.45, 7) is 4.91. The second-order valence-electron chi connectivity index (χ2n) is 7.35. The van der Waals surface area contributed by atoms with E-state index in [2.05, 4.69) is 31.5 Å². The number of benzene rings is 1. The van der Waals surface area contributed by atoms with Crippen LogP contribution in [0.2, 0.25) is 5.02 Å². The summed E-state index contributed by atoms with van der Waals surface area (Å²) in [5.74, 6) is 0.459. The first kappa shape index (κ1) is 21.6. The molecule has 2 aromatic rings. The molecule has 1 saturated heterocycles. The van der Waals surface area contributed by atoms with E-state index >= 15 is 0 Å². The van der Waals surface area contributed by atoms with Crippen molar-refractivity contribution < 1.29 is 14.3 Å². The van der Waals surface area contributed by atoms with E-state index in [-0.39, 0.29) is 23.7 Å². The Morgan fingerprint density at radius 1 is 1.38 bits per heavy atom. The van der Waals surface area contributed by atoms with E-state index in [9.17, 15) is 9.59 Å². The lowest BCUT2D eigenvalue weighted by molar-refractivity contribution is -0.149. The fourth-order valence-corrected chi connectivity index (χ4v) is 3.90. The van der Waals surface area contributed by atoms with Gasteiger partial charge in [0.1, 0.15) is 5.82 Å². The lowest BCUT2D eigenvalue weighted by Gasteiger charge is -2.22. The van der Waals surface area contributed by atoms with Crippen molar-refractivity contribution in [3.8, 4) is 0 Å². The van der Waals surface area contributed by atoms with E-state index in [0.717, 1.165) is 22.1 Å². The summed E-state index contributed by atoms with van der Waals surface area (Å²) in [5.41, 5.74) is 2.15. The number of halogens is 2. The summed E-state index contributed by atoms with van der Waals surface area (Å²) in [5, 5.41) is 6.71. The molecule has 1 amide bonds. The molecule has 0 bridgehead atoms. The summed E-state index contributed by atoms with van der Waals surface area (Å²) in [6.07, 6.45) is 2.68. The van der Waals surface area contributed by atoms with Crippen LogP contribution in [0.4, 0.5) is 11.5 Å². The van der Waals surface area contributed by atoms with Crippen molar-refractivity contribution in [3.05, 3.63) is 51.1 Å². The molecule has 3 rings (SSSR count). The van der Waals surface area contributed by atoms with Crippen molar-refractivity contribution in [3.63, 3.8) is 0 Å². The lowest BCUT2D eigenvalue weighted by Crippen LogP contribution is -2.34. The van der Waals surface area contributed by atoms with Crippen LogP contribution in [0.15, 0.2) is 34.9 Å². The number of cyclic esters (lactones) is 1. The first-order valence-corrected chi connectivity index (χ1v) is 10.7. The number of amides is 1. The molecule has 1 unspecified atom stereocenters. The highest BCUT2D eigenvalue weighted by atomic mass is 79.9. The van der Waals surface area contributed by atoms with Crippen LogP contribution in [0.1, 0.15) is 48.5 Å². The molecule has 0 radical (unpaired) electrons. The number of hydrogen-bond donors (Lipinski definition) is 2. The molecule has 1 aliphatic rings. The zero-order chi connectivity index (χ0) is 21.0. The second-order valence-corrected chi connectivity index (χ2v) is 8.67. The molecule has 1 aromatic heterocycles. The average molecular weight is 481 g/mol. The van der Waals surface area contributed by atoms with E-state index in [1.807, 2.05) is 32.0 Å². The average Bonchev–Trinajstić information content (AvgIpc) is 2.68. The van der Waals surface area contributed by atoms with Crippen LogP contribution in [0.3, 0.4) is 0 Å². The molecule has 0 spiro atoms. The summed E-state index contributed by atoms with van der Waals surface area (Å²) < 4.78 is 5.84. The highest BCUT2D eigenvalue weighted by Gasteiger charge is 2.22. The SMILES string of the molecule is CC(C)c1cc(Nc2ccc(Br)cc2Cl)ncc1C(=O)NCC1CCOC(=O)C1. The number of ether oxygens (including phenoxy) is 1. The monoisotopic (exact) mass is 479 g/mol. The minimum Gasteiger partial charge on any atom is -0.466 e.